The number of fused-ring (bicyclic) bond motifs is 1. The third-order valence-corrected chi connectivity index (χ3v) is 4.97. The first-order chi connectivity index (χ1) is 13.8. The molecule has 3 N–H and O–H groups in total. The average molecular weight is 394 g/mol. The lowest BCUT2D eigenvalue weighted by Gasteiger charge is -2.07. The van der Waals surface area contributed by atoms with Crippen LogP contribution in [-0.2, 0) is 11.2 Å². The Kier molecular flexibility index (Phi) is 5.82. The van der Waals surface area contributed by atoms with Crippen molar-refractivity contribution in [3.63, 3.8) is 0 Å². The van der Waals surface area contributed by atoms with Gasteiger partial charge in [0.25, 0.3) is 0 Å². The summed E-state index contributed by atoms with van der Waals surface area (Å²) in [5.74, 6) is -1.53. The molecule has 0 aliphatic rings. The molecular weight excluding hydrogens is 371 g/mol. The monoisotopic (exact) mass is 394 g/mol. The smallest absolute Gasteiger partial charge is 0.335 e. The van der Waals surface area contributed by atoms with Gasteiger partial charge in [0.05, 0.1) is 11.1 Å². The second-order valence-corrected chi connectivity index (χ2v) is 7.11. The van der Waals surface area contributed by atoms with E-state index in [0.29, 0.717) is 29.6 Å². The highest BCUT2D eigenvalue weighted by Gasteiger charge is 2.14. The van der Waals surface area contributed by atoms with Gasteiger partial charge in [0.2, 0.25) is 5.91 Å². The Morgan fingerprint density at radius 2 is 1.97 bits per heavy atom. The van der Waals surface area contributed by atoms with Gasteiger partial charge in [-0.15, -0.1) is 0 Å². The molecule has 0 aliphatic carbocycles. The quantitative estimate of drug-likeness (QED) is 0.543. The SMILES string of the molecule is C/C(=C\c1cccc(C(=O)O)c1)C(=O)NCCc1c(C)[nH]c2c(F)ccc(C)c12. The van der Waals surface area contributed by atoms with Gasteiger partial charge in [-0.2, -0.15) is 0 Å². The van der Waals surface area contributed by atoms with Crippen LogP contribution in [0.15, 0.2) is 42.0 Å². The minimum absolute atomic E-state index is 0.171. The number of aromatic nitrogens is 1. The van der Waals surface area contributed by atoms with Crippen LogP contribution in [0.4, 0.5) is 4.39 Å². The van der Waals surface area contributed by atoms with E-state index < -0.39 is 5.97 Å². The number of rotatable bonds is 6. The fourth-order valence-electron chi connectivity index (χ4n) is 3.47. The van der Waals surface area contributed by atoms with E-state index in [-0.39, 0.29) is 17.3 Å². The van der Waals surface area contributed by atoms with Crippen LogP contribution < -0.4 is 5.32 Å². The van der Waals surface area contributed by atoms with E-state index in [1.165, 1.54) is 18.2 Å². The van der Waals surface area contributed by atoms with E-state index in [0.717, 1.165) is 22.2 Å². The molecular formula is C23H23FN2O3. The zero-order valence-electron chi connectivity index (χ0n) is 16.6. The van der Waals surface area contributed by atoms with Gasteiger partial charge in [-0.05, 0) is 68.2 Å². The lowest BCUT2D eigenvalue weighted by atomic mass is 10.0. The Labute approximate surface area is 168 Å². The fourth-order valence-corrected chi connectivity index (χ4v) is 3.47. The third kappa shape index (κ3) is 4.37. The van der Waals surface area contributed by atoms with Crippen molar-refractivity contribution in [1.29, 1.82) is 0 Å². The molecule has 3 rings (SSSR count). The summed E-state index contributed by atoms with van der Waals surface area (Å²) in [5.41, 5.74) is 4.67. The fraction of sp³-hybridized carbons (Fsp3) is 0.217. The molecule has 0 unspecified atom stereocenters. The highest BCUT2D eigenvalue weighted by molar-refractivity contribution is 5.97. The number of aryl methyl sites for hydroxylation is 2. The standard InChI is InChI=1S/C23H23FN2O3/c1-13-7-8-19(24)21-20(13)18(15(3)26-21)9-10-25-22(27)14(2)11-16-5-4-6-17(12-16)23(28)29/h4-8,11-12,26H,9-10H2,1-3H3,(H,25,27)(H,28,29)/b14-11+. The van der Waals surface area contributed by atoms with Gasteiger partial charge < -0.3 is 15.4 Å². The number of benzene rings is 2. The molecule has 150 valence electrons. The van der Waals surface area contributed by atoms with Gasteiger partial charge in [-0.3, -0.25) is 4.79 Å². The number of carbonyl (C=O) groups excluding carboxylic acids is 1. The maximum Gasteiger partial charge on any atom is 0.335 e. The highest BCUT2D eigenvalue weighted by atomic mass is 19.1. The summed E-state index contributed by atoms with van der Waals surface area (Å²) >= 11 is 0. The second kappa shape index (κ2) is 8.31. The van der Waals surface area contributed by atoms with Crippen molar-refractivity contribution in [3.8, 4) is 0 Å². The number of hydrogen-bond acceptors (Lipinski definition) is 2. The minimum Gasteiger partial charge on any atom is -0.478 e. The van der Waals surface area contributed by atoms with Crippen LogP contribution in [0.25, 0.3) is 17.0 Å². The second-order valence-electron chi connectivity index (χ2n) is 7.11. The van der Waals surface area contributed by atoms with E-state index in [1.54, 1.807) is 31.2 Å². The first kappa shape index (κ1) is 20.3. The largest absolute Gasteiger partial charge is 0.478 e. The first-order valence-electron chi connectivity index (χ1n) is 9.34. The number of H-pyrrole nitrogens is 1. The van der Waals surface area contributed by atoms with E-state index in [4.69, 9.17) is 5.11 Å². The molecule has 1 heterocycles. The van der Waals surface area contributed by atoms with Gasteiger partial charge in [-0.1, -0.05) is 18.2 Å². The summed E-state index contributed by atoms with van der Waals surface area (Å²) in [4.78, 5) is 26.6. The number of amides is 1. The van der Waals surface area contributed by atoms with E-state index in [9.17, 15) is 14.0 Å². The maximum absolute atomic E-state index is 14.1. The molecule has 1 aromatic heterocycles. The number of aromatic carboxylic acids is 1. The molecule has 0 saturated carbocycles. The third-order valence-electron chi connectivity index (χ3n) is 4.97. The number of halogens is 1. The van der Waals surface area contributed by atoms with Gasteiger partial charge in [0.15, 0.2) is 0 Å². The summed E-state index contributed by atoms with van der Waals surface area (Å²) in [6.45, 7) is 5.92. The summed E-state index contributed by atoms with van der Waals surface area (Å²) in [6.07, 6.45) is 2.22. The van der Waals surface area contributed by atoms with Gasteiger partial charge in [0.1, 0.15) is 5.82 Å². The molecule has 0 spiro atoms. The molecule has 0 bridgehead atoms. The van der Waals surface area contributed by atoms with Crippen LogP contribution in [0.1, 0.15) is 39.7 Å². The Bertz CT molecular complexity index is 1130. The minimum atomic E-state index is -1.01. The van der Waals surface area contributed by atoms with Crippen molar-refractivity contribution < 1.29 is 19.1 Å². The molecule has 2 aromatic carbocycles. The van der Waals surface area contributed by atoms with E-state index in [2.05, 4.69) is 10.3 Å². The normalized spacial score (nSPS) is 11.7. The molecule has 3 aromatic rings. The predicted molar refractivity (Wildman–Crippen MR) is 111 cm³/mol. The molecule has 0 saturated heterocycles. The molecule has 0 radical (unpaired) electrons. The summed E-state index contributed by atoms with van der Waals surface area (Å²) in [6, 6.07) is 9.62. The Hall–Kier alpha value is -3.41. The van der Waals surface area contributed by atoms with Crippen LogP contribution in [0.2, 0.25) is 0 Å². The summed E-state index contributed by atoms with van der Waals surface area (Å²) < 4.78 is 14.1. The predicted octanol–water partition coefficient (Wildman–Crippen LogP) is 4.38. The van der Waals surface area contributed by atoms with E-state index in [1.807, 2.05) is 13.8 Å². The zero-order chi connectivity index (χ0) is 21.1. The Balaban J connectivity index is 1.69. The number of carboxylic acid groups (broad SMARTS) is 1. The number of carbonyl (C=O) groups is 2. The van der Waals surface area contributed by atoms with Gasteiger partial charge >= 0.3 is 5.97 Å². The molecule has 1 amide bonds. The van der Waals surface area contributed by atoms with E-state index >= 15 is 0 Å². The molecule has 6 heteroatoms. The lowest BCUT2D eigenvalue weighted by molar-refractivity contribution is -0.117. The van der Waals surface area contributed by atoms with Crippen molar-refractivity contribution in [2.45, 2.75) is 27.2 Å². The topological polar surface area (TPSA) is 82.2 Å². The van der Waals surface area contributed by atoms with Crippen LogP contribution >= 0.6 is 0 Å². The van der Waals surface area contributed by atoms with Crippen LogP contribution in [0, 0.1) is 19.7 Å². The van der Waals surface area contributed by atoms with Crippen molar-refractivity contribution in [2.75, 3.05) is 6.54 Å². The van der Waals surface area contributed by atoms with Crippen LogP contribution in [-0.4, -0.2) is 28.5 Å². The Morgan fingerprint density at radius 1 is 1.21 bits per heavy atom. The van der Waals surface area contributed by atoms with Gasteiger partial charge in [-0.25, -0.2) is 9.18 Å². The van der Waals surface area contributed by atoms with Crippen molar-refractivity contribution in [3.05, 3.63) is 75.7 Å². The Morgan fingerprint density at radius 3 is 2.69 bits per heavy atom. The molecule has 5 nitrogen and oxygen atoms in total. The number of carboxylic acids is 1. The molecule has 0 fully saturated rings. The maximum atomic E-state index is 14.1. The summed E-state index contributed by atoms with van der Waals surface area (Å²) in [7, 11) is 0. The highest BCUT2D eigenvalue weighted by Crippen LogP contribution is 2.27. The number of aromatic amines is 1. The van der Waals surface area contributed by atoms with Gasteiger partial charge in [0, 0.05) is 23.2 Å². The first-order valence-corrected chi connectivity index (χ1v) is 9.34. The van der Waals surface area contributed by atoms with Crippen LogP contribution in [0.5, 0.6) is 0 Å². The molecule has 0 aliphatic heterocycles. The number of hydrogen-bond donors (Lipinski definition) is 3. The zero-order valence-corrected chi connectivity index (χ0v) is 16.6. The molecule has 0 atom stereocenters. The van der Waals surface area contributed by atoms with Crippen molar-refractivity contribution >= 4 is 28.9 Å². The van der Waals surface area contributed by atoms with Crippen molar-refractivity contribution in [2.24, 2.45) is 0 Å². The molecule has 29 heavy (non-hydrogen) atoms. The number of nitrogens with one attached hydrogen (secondary N) is 2. The lowest BCUT2D eigenvalue weighted by Crippen LogP contribution is -2.26. The summed E-state index contributed by atoms with van der Waals surface area (Å²) in [5, 5.41) is 12.8. The van der Waals surface area contributed by atoms with Crippen molar-refractivity contribution in [1.82, 2.24) is 10.3 Å². The average Bonchev–Trinajstić information content (AvgIpc) is 3.02. The van der Waals surface area contributed by atoms with Crippen LogP contribution in [0.3, 0.4) is 0 Å².